The number of para-hydroxylation sites is 1. The van der Waals surface area contributed by atoms with Crippen molar-refractivity contribution in [3.8, 4) is 11.4 Å². The van der Waals surface area contributed by atoms with Crippen molar-refractivity contribution < 1.29 is 9.53 Å². The van der Waals surface area contributed by atoms with Gasteiger partial charge in [-0.15, -0.1) is 5.10 Å². The lowest BCUT2D eigenvalue weighted by Gasteiger charge is -2.12. The van der Waals surface area contributed by atoms with Gasteiger partial charge in [-0.2, -0.15) is 4.68 Å². The van der Waals surface area contributed by atoms with E-state index in [1.54, 1.807) is 35.1 Å². The van der Waals surface area contributed by atoms with E-state index < -0.39 is 0 Å². The zero-order chi connectivity index (χ0) is 20.2. The summed E-state index contributed by atoms with van der Waals surface area (Å²) in [5.41, 5.74) is 3.25. The van der Waals surface area contributed by atoms with Crippen molar-refractivity contribution in [2.24, 2.45) is 0 Å². The van der Waals surface area contributed by atoms with Crippen LogP contribution in [0.1, 0.15) is 22.8 Å². The molecule has 0 unspecified atom stereocenters. The largest absolute Gasteiger partial charge is 0.494 e. The zero-order valence-electron chi connectivity index (χ0n) is 15.7. The lowest BCUT2D eigenvalue weighted by atomic mass is 10.1. The first-order valence-electron chi connectivity index (χ1n) is 9.12. The minimum absolute atomic E-state index is 0.269. The highest BCUT2D eigenvalue weighted by Gasteiger charge is 2.14. The number of nitrogens with one attached hydrogen (secondary N) is 1. The Kier molecular flexibility index (Phi) is 5.39. The molecule has 146 valence electrons. The maximum Gasteiger partial charge on any atom is 0.253 e. The van der Waals surface area contributed by atoms with Crippen LogP contribution < -0.4 is 10.1 Å². The second kappa shape index (κ2) is 8.28. The van der Waals surface area contributed by atoms with E-state index >= 15 is 0 Å². The molecule has 8 heteroatoms. The van der Waals surface area contributed by atoms with Crippen LogP contribution in [0, 0.1) is 0 Å². The average Bonchev–Trinajstić information content (AvgIpc) is 3.17. The molecular formula is C21H18ClN5O2. The monoisotopic (exact) mass is 407 g/mol. The number of carbonyl (C=O) groups excluding carboxylic acids is 1. The van der Waals surface area contributed by atoms with Gasteiger partial charge >= 0.3 is 0 Å². The van der Waals surface area contributed by atoms with E-state index in [1.807, 2.05) is 37.3 Å². The molecule has 0 radical (unpaired) electrons. The van der Waals surface area contributed by atoms with Gasteiger partial charge in [-0.05, 0) is 43.3 Å². The van der Waals surface area contributed by atoms with Crippen LogP contribution in [0.4, 0.5) is 0 Å². The first kappa shape index (κ1) is 18.9. The minimum atomic E-state index is -0.269. The van der Waals surface area contributed by atoms with Crippen molar-refractivity contribution in [3.05, 3.63) is 76.9 Å². The van der Waals surface area contributed by atoms with Crippen LogP contribution in [0.5, 0.6) is 5.75 Å². The van der Waals surface area contributed by atoms with Gasteiger partial charge in [0.1, 0.15) is 11.3 Å². The summed E-state index contributed by atoms with van der Waals surface area (Å²) in [7, 11) is 0. The van der Waals surface area contributed by atoms with Gasteiger partial charge in [-0.1, -0.05) is 35.0 Å². The number of amides is 1. The van der Waals surface area contributed by atoms with Gasteiger partial charge in [-0.3, -0.25) is 4.79 Å². The molecule has 4 rings (SSSR count). The molecule has 2 aromatic carbocycles. The zero-order valence-corrected chi connectivity index (χ0v) is 16.4. The number of hydrogen-bond donors (Lipinski definition) is 1. The lowest BCUT2D eigenvalue weighted by Crippen LogP contribution is -2.23. The van der Waals surface area contributed by atoms with Gasteiger partial charge < -0.3 is 10.1 Å². The van der Waals surface area contributed by atoms with Crippen LogP contribution in [-0.4, -0.2) is 32.5 Å². The number of fused-ring (bicyclic) bond motifs is 1. The molecule has 0 aliphatic rings. The second-order valence-electron chi connectivity index (χ2n) is 6.23. The molecule has 0 fully saturated rings. The molecule has 0 atom stereocenters. The number of benzene rings is 2. The fraction of sp³-hybridized carbons (Fsp3) is 0.143. The minimum Gasteiger partial charge on any atom is -0.494 e. The Labute approximate surface area is 172 Å². The molecule has 4 aromatic rings. The lowest BCUT2D eigenvalue weighted by molar-refractivity contribution is 0.0951. The molecule has 0 aliphatic heterocycles. The number of carbonyl (C=O) groups is 1. The highest BCUT2D eigenvalue weighted by Crippen LogP contribution is 2.23. The van der Waals surface area contributed by atoms with E-state index in [1.165, 1.54) is 0 Å². The number of rotatable bonds is 6. The SMILES string of the molecule is CCOc1ccccc1CNC(=O)c1ccc(-n2nnc3cccnc32)cc1Cl. The molecular weight excluding hydrogens is 390 g/mol. The van der Waals surface area contributed by atoms with Crippen molar-refractivity contribution in [1.82, 2.24) is 25.3 Å². The molecule has 7 nitrogen and oxygen atoms in total. The van der Waals surface area contributed by atoms with Gasteiger partial charge in [0.25, 0.3) is 5.91 Å². The highest BCUT2D eigenvalue weighted by molar-refractivity contribution is 6.34. The van der Waals surface area contributed by atoms with Crippen molar-refractivity contribution in [3.63, 3.8) is 0 Å². The Morgan fingerprint density at radius 2 is 2.03 bits per heavy atom. The summed E-state index contributed by atoms with van der Waals surface area (Å²) >= 11 is 6.39. The van der Waals surface area contributed by atoms with Crippen LogP contribution in [0.25, 0.3) is 16.9 Å². The standard InChI is InChI=1S/C21H18ClN5O2/c1-2-29-19-8-4-3-6-14(19)13-24-21(28)16-10-9-15(12-17(16)22)27-20-18(25-26-27)7-5-11-23-20/h3-12H,2,13H2,1H3,(H,24,28). The molecule has 0 saturated carbocycles. The Morgan fingerprint density at radius 1 is 1.17 bits per heavy atom. The highest BCUT2D eigenvalue weighted by atomic mass is 35.5. The second-order valence-corrected chi connectivity index (χ2v) is 6.64. The summed E-state index contributed by atoms with van der Waals surface area (Å²) in [6, 6.07) is 16.3. The maximum atomic E-state index is 12.6. The van der Waals surface area contributed by atoms with Gasteiger partial charge in [0.15, 0.2) is 5.65 Å². The summed E-state index contributed by atoms with van der Waals surface area (Å²) < 4.78 is 7.18. The maximum absolute atomic E-state index is 12.6. The van der Waals surface area contributed by atoms with E-state index in [-0.39, 0.29) is 5.91 Å². The first-order valence-corrected chi connectivity index (χ1v) is 9.50. The van der Waals surface area contributed by atoms with Crippen LogP contribution in [0.2, 0.25) is 5.02 Å². The van der Waals surface area contributed by atoms with Crippen molar-refractivity contribution in [1.29, 1.82) is 0 Å². The Balaban J connectivity index is 1.53. The van der Waals surface area contributed by atoms with Gasteiger partial charge in [0.2, 0.25) is 0 Å². The van der Waals surface area contributed by atoms with E-state index in [9.17, 15) is 4.79 Å². The fourth-order valence-electron chi connectivity index (χ4n) is 2.98. The normalized spacial score (nSPS) is 10.8. The third-order valence-corrected chi connectivity index (χ3v) is 4.68. The summed E-state index contributed by atoms with van der Waals surface area (Å²) in [5.74, 6) is 0.483. The Morgan fingerprint density at radius 3 is 2.86 bits per heavy atom. The molecule has 1 N–H and O–H groups in total. The number of halogens is 1. The number of nitrogens with zero attached hydrogens (tertiary/aromatic N) is 4. The Bertz CT molecular complexity index is 1170. The predicted molar refractivity (Wildman–Crippen MR) is 110 cm³/mol. The summed E-state index contributed by atoms with van der Waals surface area (Å²) in [4.78, 5) is 16.9. The van der Waals surface area contributed by atoms with Gasteiger partial charge in [0, 0.05) is 18.3 Å². The summed E-state index contributed by atoms with van der Waals surface area (Å²) in [5, 5.41) is 11.4. The summed E-state index contributed by atoms with van der Waals surface area (Å²) in [6.07, 6.45) is 1.67. The molecule has 0 aliphatic carbocycles. The van der Waals surface area contributed by atoms with Crippen molar-refractivity contribution in [2.45, 2.75) is 13.5 Å². The van der Waals surface area contributed by atoms with Crippen molar-refractivity contribution >= 4 is 28.7 Å². The van der Waals surface area contributed by atoms with Crippen LogP contribution in [0.15, 0.2) is 60.8 Å². The number of ether oxygens (including phenoxy) is 1. The van der Waals surface area contributed by atoms with Crippen LogP contribution in [-0.2, 0) is 6.54 Å². The number of pyridine rings is 1. The van der Waals surface area contributed by atoms with Gasteiger partial charge in [-0.25, -0.2) is 4.98 Å². The van der Waals surface area contributed by atoms with E-state index in [0.717, 1.165) is 11.3 Å². The van der Waals surface area contributed by atoms with E-state index in [0.29, 0.717) is 40.6 Å². The average molecular weight is 408 g/mol. The van der Waals surface area contributed by atoms with Crippen LogP contribution >= 0.6 is 11.6 Å². The molecule has 29 heavy (non-hydrogen) atoms. The van der Waals surface area contributed by atoms with Crippen molar-refractivity contribution in [2.75, 3.05) is 6.61 Å². The molecule has 0 bridgehead atoms. The number of hydrogen-bond acceptors (Lipinski definition) is 5. The molecule has 0 spiro atoms. The first-order chi connectivity index (χ1) is 14.2. The fourth-order valence-corrected chi connectivity index (χ4v) is 3.24. The topological polar surface area (TPSA) is 81.9 Å². The molecule has 1 amide bonds. The quantitative estimate of drug-likeness (QED) is 0.525. The predicted octanol–water partition coefficient (Wildman–Crippen LogP) is 3.80. The third kappa shape index (κ3) is 3.90. The van der Waals surface area contributed by atoms with E-state index in [2.05, 4.69) is 20.6 Å². The molecule has 2 aromatic heterocycles. The number of aromatic nitrogens is 4. The summed E-state index contributed by atoms with van der Waals surface area (Å²) in [6.45, 7) is 2.82. The molecule has 2 heterocycles. The third-order valence-electron chi connectivity index (χ3n) is 4.36. The Hall–Kier alpha value is -3.45. The van der Waals surface area contributed by atoms with Gasteiger partial charge in [0.05, 0.1) is 22.9 Å². The van der Waals surface area contributed by atoms with E-state index in [4.69, 9.17) is 16.3 Å². The van der Waals surface area contributed by atoms with Crippen LogP contribution in [0.3, 0.4) is 0 Å². The smallest absolute Gasteiger partial charge is 0.253 e. The molecule has 0 saturated heterocycles.